The molecule has 0 radical (unpaired) electrons. The third-order valence-corrected chi connectivity index (χ3v) is 4.19. The molecule has 0 aliphatic carbocycles. The van der Waals surface area contributed by atoms with Crippen LogP contribution in [0.2, 0.25) is 0 Å². The van der Waals surface area contributed by atoms with Gasteiger partial charge in [0.15, 0.2) is 0 Å². The number of aryl methyl sites for hydroxylation is 1. The van der Waals surface area contributed by atoms with Crippen LogP contribution in [0.3, 0.4) is 0 Å². The van der Waals surface area contributed by atoms with Crippen molar-refractivity contribution in [1.29, 1.82) is 0 Å². The molecule has 1 aliphatic heterocycles. The molecule has 0 saturated heterocycles. The van der Waals surface area contributed by atoms with Crippen molar-refractivity contribution < 1.29 is 4.79 Å². The number of nitrogens with zero attached hydrogens (tertiary/aromatic N) is 2. The minimum Gasteiger partial charge on any atom is -0.340 e. The van der Waals surface area contributed by atoms with Crippen molar-refractivity contribution in [2.24, 2.45) is 0 Å². The molecule has 1 aromatic carbocycles. The largest absolute Gasteiger partial charge is 0.340 e. The second-order valence-corrected chi connectivity index (χ2v) is 5.63. The van der Waals surface area contributed by atoms with Gasteiger partial charge in [0.2, 0.25) is 0 Å². The average molecular weight is 307 g/mol. The number of likely N-dealkylation sites (N-methyl/N-ethyl adjacent to an activating group) is 1. The number of carbonyl (C=O) groups is 1. The van der Waals surface area contributed by atoms with Crippen LogP contribution >= 0.6 is 15.9 Å². The smallest absolute Gasteiger partial charge is 0.270 e. The highest BCUT2D eigenvalue weighted by Gasteiger charge is 2.28. The van der Waals surface area contributed by atoms with Crippen molar-refractivity contribution in [2.75, 3.05) is 13.6 Å². The fraction of sp³-hybridized carbons (Fsp3) is 0.357. The Morgan fingerprint density at radius 1 is 1.39 bits per heavy atom. The Balaban J connectivity index is 2.39. The molecular formula is C14H15BrN2O. The first-order valence-electron chi connectivity index (χ1n) is 6.19. The Kier molecular flexibility index (Phi) is 2.70. The lowest BCUT2D eigenvalue weighted by Gasteiger charge is -2.24. The van der Waals surface area contributed by atoms with Crippen LogP contribution < -0.4 is 0 Å². The van der Waals surface area contributed by atoms with Gasteiger partial charge in [-0.05, 0) is 37.1 Å². The third-order valence-electron chi connectivity index (χ3n) is 3.69. The first kappa shape index (κ1) is 11.8. The molecule has 0 spiro atoms. The summed E-state index contributed by atoms with van der Waals surface area (Å²) in [5.74, 6) is 0.144. The van der Waals surface area contributed by atoms with Crippen LogP contribution in [0, 0.1) is 0 Å². The van der Waals surface area contributed by atoms with E-state index >= 15 is 0 Å². The van der Waals surface area contributed by atoms with E-state index in [-0.39, 0.29) is 5.91 Å². The van der Waals surface area contributed by atoms with Gasteiger partial charge in [0, 0.05) is 35.5 Å². The lowest BCUT2D eigenvalue weighted by molar-refractivity contribution is 0.0770. The van der Waals surface area contributed by atoms with Gasteiger partial charge in [-0.25, -0.2) is 0 Å². The van der Waals surface area contributed by atoms with Gasteiger partial charge < -0.3 is 9.47 Å². The van der Waals surface area contributed by atoms with Crippen LogP contribution in [-0.2, 0) is 13.0 Å². The Bertz CT molecular complexity index is 645. The molecule has 18 heavy (non-hydrogen) atoms. The van der Waals surface area contributed by atoms with Crippen LogP contribution in [-0.4, -0.2) is 29.0 Å². The normalized spacial score (nSPS) is 15.3. The summed E-state index contributed by atoms with van der Waals surface area (Å²) in [5.41, 5.74) is 3.24. The topological polar surface area (TPSA) is 25.2 Å². The summed E-state index contributed by atoms with van der Waals surface area (Å²) < 4.78 is 3.20. The van der Waals surface area contributed by atoms with Crippen molar-refractivity contribution in [3.05, 3.63) is 33.9 Å². The second-order valence-electron chi connectivity index (χ2n) is 4.71. The standard InChI is InChI=1S/C14H15BrN2O/c1-3-17-12-5-4-9(15)8-11(12)10-6-7-16(2)14(18)13(10)17/h4-5,8H,3,6-7H2,1-2H3. The maximum atomic E-state index is 12.3. The van der Waals surface area contributed by atoms with E-state index in [2.05, 4.69) is 39.6 Å². The number of fused-ring (bicyclic) bond motifs is 3. The minimum absolute atomic E-state index is 0.144. The molecule has 94 valence electrons. The fourth-order valence-corrected chi connectivity index (χ4v) is 3.15. The van der Waals surface area contributed by atoms with Gasteiger partial charge in [-0.15, -0.1) is 0 Å². The van der Waals surface area contributed by atoms with Gasteiger partial charge in [-0.2, -0.15) is 0 Å². The predicted octanol–water partition coefficient (Wildman–Crippen LogP) is 3.05. The van der Waals surface area contributed by atoms with Crippen LogP contribution in [0.5, 0.6) is 0 Å². The average Bonchev–Trinajstić information content (AvgIpc) is 2.67. The molecule has 0 saturated carbocycles. The molecular weight excluding hydrogens is 292 g/mol. The van der Waals surface area contributed by atoms with Gasteiger partial charge in [0.25, 0.3) is 5.91 Å². The second kappa shape index (κ2) is 4.12. The summed E-state index contributed by atoms with van der Waals surface area (Å²) in [7, 11) is 1.87. The number of rotatable bonds is 1. The maximum absolute atomic E-state index is 12.3. The molecule has 3 nitrogen and oxygen atoms in total. The molecule has 1 aliphatic rings. The van der Waals surface area contributed by atoms with Crippen LogP contribution in [0.15, 0.2) is 22.7 Å². The predicted molar refractivity (Wildman–Crippen MR) is 76.0 cm³/mol. The summed E-state index contributed by atoms with van der Waals surface area (Å²) in [6.07, 6.45) is 0.942. The van der Waals surface area contributed by atoms with Gasteiger partial charge in [0.1, 0.15) is 5.69 Å². The van der Waals surface area contributed by atoms with Gasteiger partial charge in [-0.3, -0.25) is 4.79 Å². The molecule has 0 N–H and O–H groups in total. The lowest BCUT2D eigenvalue weighted by Crippen LogP contribution is -2.35. The van der Waals surface area contributed by atoms with Gasteiger partial charge >= 0.3 is 0 Å². The highest BCUT2D eigenvalue weighted by atomic mass is 79.9. The minimum atomic E-state index is 0.144. The first-order valence-corrected chi connectivity index (χ1v) is 6.99. The molecule has 0 fully saturated rings. The van der Waals surface area contributed by atoms with E-state index in [1.807, 2.05) is 18.0 Å². The zero-order valence-corrected chi connectivity index (χ0v) is 12.1. The molecule has 0 unspecified atom stereocenters. The third kappa shape index (κ3) is 1.52. The number of carbonyl (C=O) groups excluding carboxylic acids is 1. The molecule has 0 bridgehead atoms. The van der Waals surface area contributed by atoms with E-state index in [0.717, 1.165) is 35.2 Å². The SMILES string of the molecule is CCn1c2c(c3cc(Br)ccc31)CCN(C)C2=O. The Labute approximate surface area is 115 Å². The quantitative estimate of drug-likeness (QED) is 0.795. The number of benzene rings is 1. The van der Waals surface area contributed by atoms with E-state index in [4.69, 9.17) is 0 Å². The van der Waals surface area contributed by atoms with Crippen molar-refractivity contribution in [3.8, 4) is 0 Å². The molecule has 4 heteroatoms. The number of hydrogen-bond acceptors (Lipinski definition) is 1. The van der Waals surface area contributed by atoms with Gasteiger partial charge in [-0.1, -0.05) is 15.9 Å². The fourth-order valence-electron chi connectivity index (χ4n) is 2.78. The lowest BCUT2D eigenvalue weighted by atomic mass is 10.0. The number of aromatic nitrogens is 1. The van der Waals surface area contributed by atoms with Crippen LogP contribution in [0.25, 0.3) is 10.9 Å². The first-order chi connectivity index (χ1) is 8.63. The van der Waals surface area contributed by atoms with Gasteiger partial charge in [0.05, 0.1) is 0 Å². The molecule has 1 amide bonds. The Hall–Kier alpha value is -1.29. The summed E-state index contributed by atoms with van der Waals surface area (Å²) in [5, 5.41) is 1.21. The highest BCUT2D eigenvalue weighted by molar-refractivity contribution is 9.10. The summed E-state index contributed by atoms with van der Waals surface area (Å²) in [4.78, 5) is 14.2. The number of hydrogen-bond donors (Lipinski definition) is 0. The van der Waals surface area contributed by atoms with E-state index in [1.165, 1.54) is 10.9 Å². The highest BCUT2D eigenvalue weighted by Crippen LogP contribution is 2.32. The summed E-state index contributed by atoms with van der Waals surface area (Å²) >= 11 is 3.51. The Morgan fingerprint density at radius 3 is 2.89 bits per heavy atom. The molecule has 2 heterocycles. The van der Waals surface area contributed by atoms with E-state index < -0.39 is 0 Å². The zero-order chi connectivity index (χ0) is 12.9. The van der Waals surface area contributed by atoms with E-state index in [9.17, 15) is 4.79 Å². The summed E-state index contributed by atoms with van der Waals surface area (Å²) in [6.45, 7) is 3.72. The monoisotopic (exact) mass is 306 g/mol. The summed E-state index contributed by atoms with van der Waals surface area (Å²) in [6, 6.07) is 6.25. The number of halogens is 1. The van der Waals surface area contributed by atoms with Crippen molar-refractivity contribution >= 4 is 32.7 Å². The maximum Gasteiger partial charge on any atom is 0.270 e. The van der Waals surface area contributed by atoms with Crippen LogP contribution in [0.1, 0.15) is 23.0 Å². The molecule has 2 aromatic rings. The van der Waals surface area contributed by atoms with Crippen molar-refractivity contribution in [3.63, 3.8) is 0 Å². The van der Waals surface area contributed by atoms with Crippen molar-refractivity contribution in [1.82, 2.24) is 9.47 Å². The molecule has 0 atom stereocenters. The van der Waals surface area contributed by atoms with E-state index in [0.29, 0.717) is 0 Å². The van der Waals surface area contributed by atoms with E-state index in [1.54, 1.807) is 0 Å². The zero-order valence-electron chi connectivity index (χ0n) is 10.5. The Morgan fingerprint density at radius 2 is 2.17 bits per heavy atom. The van der Waals surface area contributed by atoms with Crippen LogP contribution in [0.4, 0.5) is 0 Å². The molecule has 3 rings (SSSR count). The molecule has 1 aromatic heterocycles. The number of amides is 1. The van der Waals surface area contributed by atoms with Crippen molar-refractivity contribution in [2.45, 2.75) is 19.9 Å².